The number of nitrogens with one attached hydrogen (secondary N) is 4. The third kappa shape index (κ3) is 2.26. The third-order valence-corrected chi connectivity index (χ3v) is 1.58. The lowest BCUT2D eigenvalue weighted by atomic mass is 11.0. The summed E-state index contributed by atoms with van der Waals surface area (Å²) in [7, 11) is 0. The van der Waals surface area contributed by atoms with Crippen LogP contribution in [0.25, 0.3) is 0 Å². The maximum absolute atomic E-state index is 10.3. The molecule has 0 fully saturated rings. The van der Waals surface area contributed by atoms with Gasteiger partial charge in [0, 0.05) is 0 Å². The van der Waals surface area contributed by atoms with Crippen molar-refractivity contribution in [1.29, 1.82) is 0 Å². The topological polar surface area (TPSA) is 193 Å². The smallest absolute Gasteiger partial charge is 0.390 e. The number of nitro groups is 2. The van der Waals surface area contributed by atoms with Gasteiger partial charge in [-0.25, -0.2) is 10.9 Å². The van der Waals surface area contributed by atoms with E-state index in [9.17, 15) is 20.2 Å². The average Bonchev–Trinajstić information content (AvgIpc) is 2.95. The zero-order valence-electron chi connectivity index (χ0n) is 8.32. The minimum Gasteiger partial charge on any atom is -0.390 e. The summed E-state index contributed by atoms with van der Waals surface area (Å²) in [4.78, 5) is 25.9. The molecule has 0 amide bonds. The van der Waals surface area contributed by atoms with Gasteiger partial charge in [0.25, 0.3) is 0 Å². The fourth-order valence-corrected chi connectivity index (χ4v) is 0.893. The molecule has 0 spiro atoms. The summed E-state index contributed by atoms with van der Waals surface area (Å²) in [5, 5.41) is 31.5. The number of hydrogen-bond donors (Lipinski definition) is 4. The molecule has 0 atom stereocenters. The molecule has 14 heteroatoms. The number of H-pyrrole nitrogens is 2. The van der Waals surface area contributed by atoms with Crippen molar-refractivity contribution in [3.05, 3.63) is 20.2 Å². The van der Waals surface area contributed by atoms with Gasteiger partial charge in [-0.3, -0.25) is 0 Å². The van der Waals surface area contributed by atoms with E-state index < -0.39 is 21.7 Å². The quantitative estimate of drug-likeness (QED) is 0.387. The molecule has 94 valence electrons. The van der Waals surface area contributed by atoms with Crippen molar-refractivity contribution >= 4 is 23.8 Å². The number of hydrogen-bond acceptors (Lipinski definition) is 10. The molecule has 0 aliphatic heterocycles. The molecular formula is C4H4N10O4. The number of nitrogens with zero attached hydrogens (tertiary/aromatic N) is 6. The van der Waals surface area contributed by atoms with E-state index in [2.05, 4.69) is 31.0 Å². The van der Waals surface area contributed by atoms with E-state index in [1.807, 2.05) is 10.2 Å². The van der Waals surface area contributed by atoms with E-state index >= 15 is 0 Å². The Balaban J connectivity index is 1.97. The van der Waals surface area contributed by atoms with E-state index in [1.54, 1.807) is 0 Å². The summed E-state index contributed by atoms with van der Waals surface area (Å²) >= 11 is 0. The van der Waals surface area contributed by atoms with Crippen molar-refractivity contribution in [3.8, 4) is 0 Å². The molecule has 2 aromatic heterocycles. The van der Waals surface area contributed by atoms with Crippen molar-refractivity contribution in [2.75, 3.05) is 10.9 Å². The number of hydrazine groups is 1. The predicted octanol–water partition coefficient (Wildman–Crippen LogP) is -0.822. The van der Waals surface area contributed by atoms with Gasteiger partial charge in [-0.2, -0.15) is 0 Å². The molecular weight excluding hydrogens is 252 g/mol. The predicted molar refractivity (Wildman–Crippen MR) is 53.3 cm³/mol. The summed E-state index contributed by atoms with van der Waals surface area (Å²) in [6.45, 7) is 0. The van der Waals surface area contributed by atoms with Crippen molar-refractivity contribution in [2.24, 2.45) is 0 Å². The summed E-state index contributed by atoms with van der Waals surface area (Å²) in [6.07, 6.45) is 0. The highest BCUT2D eigenvalue weighted by molar-refractivity contribution is 5.37. The Morgan fingerprint density at radius 3 is 1.56 bits per heavy atom. The Morgan fingerprint density at radius 2 is 1.28 bits per heavy atom. The fourth-order valence-electron chi connectivity index (χ4n) is 0.893. The fraction of sp³-hybridized carbons (Fsp3) is 0. The number of aromatic nitrogens is 6. The van der Waals surface area contributed by atoms with Gasteiger partial charge in [-0.15, -0.1) is 10.2 Å². The van der Waals surface area contributed by atoms with Gasteiger partial charge < -0.3 is 20.2 Å². The molecule has 14 nitrogen and oxygen atoms in total. The zero-order valence-corrected chi connectivity index (χ0v) is 8.32. The van der Waals surface area contributed by atoms with Crippen LogP contribution in [0.3, 0.4) is 0 Å². The summed E-state index contributed by atoms with van der Waals surface area (Å²) in [5.41, 5.74) is 4.63. The standard InChI is InChI=1S/C4H4N10O4/c15-13(16)3-5-1(9-11-3)7-8-2-6-4(12-10-2)14(17)18/h(H2,5,7,9,11)(H2,6,8,10,12). The third-order valence-electron chi connectivity index (χ3n) is 1.58. The van der Waals surface area contributed by atoms with Crippen molar-refractivity contribution in [1.82, 2.24) is 30.4 Å². The van der Waals surface area contributed by atoms with Gasteiger partial charge in [-0.05, 0) is 19.8 Å². The van der Waals surface area contributed by atoms with Crippen molar-refractivity contribution in [3.63, 3.8) is 0 Å². The Hall–Kier alpha value is -3.32. The molecule has 4 N–H and O–H groups in total. The van der Waals surface area contributed by atoms with Crippen LogP contribution in [-0.4, -0.2) is 40.2 Å². The zero-order chi connectivity index (χ0) is 13.1. The molecule has 2 heterocycles. The minimum absolute atomic E-state index is 0.144. The molecule has 2 aromatic rings. The molecule has 0 saturated heterocycles. The molecule has 0 bridgehead atoms. The van der Waals surface area contributed by atoms with E-state index in [0.29, 0.717) is 0 Å². The molecule has 0 saturated carbocycles. The van der Waals surface area contributed by atoms with Gasteiger partial charge in [0.15, 0.2) is 0 Å². The van der Waals surface area contributed by atoms with Crippen LogP contribution in [0.1, 0.15) is 0 Å². The first-order chi connectivity index (χ1) is 8.56. The lowest BCUT2D eigenvalue weighted by Gasteiger charge is -1.93. The summed E-state index contributed by atoms with van der Waals surface area (Å²) < 4.78 is 0. The second-order valence-corrected chi connectivity index (χ2v) is 2.73. The van der Waals surface area contributed by atoms with Gasteiger partial charge in [-0.1, -0.05) is 10.2 Å². The van der Waals surface area contributed by atoms with Crippen molar-refractivity contribution in [2.45, 2.75) is 0 Å². The van der Waals surface area contributed by atoms with Crippen molar-refractivity contribution < 1.29 is 9.85 Å². The van der Waals surface area contributed by atoms with E-state index in [-0.39, 0.29) is 11.9 Å². The second-order valence-electron chi connectivity index (χ2n) is 2.73. The van der Waals surface area contributed by atoms with Crippen LogP contribution in [0.4, 0.5) is 23.8 Å². The molecule has 0 aliphatic rings. The molecule has 18 heavy (non-hydrogen) atoms. The first-order valence-electron chi connectivity index (χ1n) is 4.22. The monoisotopic (exact) mass is 256 g/mol. The lowest BCUT2D eigenvalue weighted by molar-refractivity contribution is -0.394. The Bertz CT molecular complexity index is 534. The van der Waals surface area contributed by atoms with Crippen LogP contribution in [0.15, 0.2) is 0 Å². The number of rotatable bonds is 5. The van der Waals surface area contributed by atoms with Gasteiger partial charge in [0.2, 0.25) is 0 Å². The number of anilines is 2. The molecule has 0 radical (unpaired) electrons. The average molecular weight is 256 g/mol. The number of aromatic amines is 2. The Labute approximate surface area is 96.1 Å². The van der Waals surface area contributed by atoms with Crippen LogP contribution in [0.2, 0.25) is 0 Å². The first-order valence-corrected chi connectivity index (χ1v) is 4.22. The largest absolute Gasteiger partial charge is 0.455 e. The molecule has 0 unspecified atom stereocenters. The Morgan fingerprint density at radius 1 is 0.889 bits per heavy atom. The van der Waals surface area contributed by atoms with Crippen LogP contribution in [0.5, 0.6) is 0 Å². The molecule has 2 rings (SSSR count). The maximum Gasteiger partial charge on any atom is 0.455 e. The van der Waals surface area contributed by atoms with Crippen LogP contribution in [0, 0.1) is 20.2 Å². The van der Waals surface area contributed by atoms with E-state index in [0.717, 1.165) is 0 Å². The SMILES string of the molecule is O=[N+]([O-])c1nc(NNc2n[nH]c([N+](=O)[O-])n2)n[nH]1. The highest BCUT2D eigenvalue weighted by Gasteiger charge is 2.16. The van der Waals surface area contributed by atoms with E-state index in [4.69, 9.17) is 0 Å². The Kier molecular flexibility index (Phi) is 2.65. The first kappa shape index (κ1) is 11.2. The minimum atomic E-state index is -0.768. The summed E-state index contributed by atoms with van der Waals surface area (Å²) in [6, 6.07) is 0. The maximum atomic E-state index is 10.3. The molecule has 0 aromatic carbocycles. The second kappa shape index (κ2) is 4.28. The normalized spacial score (nSPS) is 10.0. The highest BCUT2D eigenvalue weighted by Crippen LogP contribution is 2.07. The summed E-state index contributed by atoms with van der Waals surface area (Å²) in [5.74, 6) is -1.40. The van der Waals surface area contributed by atoms with Gasteiger partial charge in [0.05, 0.1) is 0 Å². The van der Waals surface area contributed by atoms with Gasteiger partial charge in [0.1, 0.15) is 0 Å². The van der Waals surface area contributed by atoms with Gasteiger partial charge >= 0.3 is 23.8 Å². The lowest BCUT2D eigenvalue weighted by Crippen LogP contribution is -2.11. The highest BCUT2D eigenvalue weighted by atomic mass is 16.6. The van der Waals surface area contributed by atoms with Crippen LogP contribution >= 0.6 is 0 Å². The molecule has 0 aliphatic carbocycles. The van der Waals surface area contributed by atoms with Crippen LogP contribution in [-0.2, 0) is 0 Å². The van der Waals surface area contributed by atoms with E-state index in [1.165, 1.54) is 0 Å². The van der Waals surface area contributed by atoms with Crippen LogP contribution < -0.4 is 10.9 Å².